The number of amides is 1. The summed E-state index contributed by atoms with van der Waals surface area (Å²) < 4.78 is 6.34. The molecule has 138 valence electrons. The molecule has 2 aromatic carbocycles. The Bertz CT molecular complexity index is 1010. The summed E-state index contributed by atoms with van der Waals surface area (Å²) in [6, 6.07) is 12.8. The molecule has 2 heterocycles. The lowest BCUT2D eigenvalue weighted by atomic mass is 10.00. The van der Waals surface area contributed by atoms with Crippen LogP contribution in [0.5, 0.6) is 5.75 Å². The smallest absolute Gasteiger partial charge is 0.231 e. The van der Waals surface area contributed by atoms with E-state index in [9.17, 15) is 9.59 Å². The summed E-state index contributed by atoms with van der Waals surface area (Å²) in [7, 11) is 1.64. The Morgan fingerprint density at radius 3 is 2.59 bits per heavy atom. The van der Waals surface area contributed by atoms with Crippen LogP contribution < -0.4 is 15.0 Å². The maximum atomic E-state index is 12.4. The Hall–Kier alpha value is -2.93. The number of nitrogens with one attached hydrogen (secondary N) is 1. The molecule has 0 saturated carbocycles. The minimum Gasteiger partial charge on any atom is -0.497 e. The van der Waals surface area contributed by atoms with E-state index in [0.29, 0.717) is 24.3 Å². The summed E-state index contributed by atoms with van der Waals surface area (Å²) in [4.78, 5) is 30.5. The van der Waals surface area contributed by atoms with Crippen LogP contribution in [0.25, 0.3) is 10.2 Å². The Kier molecular flexibility index (Phi) is 4.53. The first-order valence-electron chi connectivity index (χ1n) is 8.65. The van der Waals surface area contributed by atoms with Gasteiger partial charge in [0.15, 0.2) is 10.9 Å². The highest BCUT2D eigenvalue weighted by molar-refractivity contribution is 7.22. The monoisotopic (exact) mass is 381 g/mol. The van der Waals surface area contributed by atoms with E-state index < -0.39 is 0 Å². The van der Waals surface area contributed by atoms with Gasteiger partial charge in [0.1, 0.15) is 5.75 Å². The van der Waals surface area contributed by atoms with Gasteiger partial charge in [0.2, 0.25) is 5.91 Å². The standard InChI is InChI=1S/C20H19N3O3S/c1-12(24)13-3-5-15(6-4-13)21-19(25)14-10-23(11-14)20-22-17-9-16(26-2)7-8-18(17)27-20/h3-9,14H,10-11H2,1-2H3,(H,21,25). The van der Waals surface area contributed by atoms with Crippen LogP contribution in [0.2, 0.25) is 0 Å². The van der Waals surface area contributed by atoms with Crippen LogP contribution in [-0.2, 0) is 4.79 Å². The molecule has 1 fully saturated rings. The highest BCUT2D eigenvalue weighted by atomic mass is 32.1. The van der Waals surface area contributed by atoms with Crippen molar-refractivity contribution in [3.63, 3.8) is 0 Å². The maximum absolute atomic E-state index is 12.4. The zero-order valence-corrected chi connectivity index (χ0v) is 15.9. The van der Waals surface area contributed by atoms with E-state index in [-0.39, 0.29) is 17.6 Å². The summed E-state index contributed by atoms with van der Waals surface area (Å²) in [5.41, 5.74) is 2.25. The van der Waals surface area contributed by atoms with Crippen LogP contribution in [0, 0.1) is 5.92 Å². The fraction of sp³-hybridized carbons (Fsp3) is 0.250. The minimum absolute atomic E-state index is 0.00962. The van der Waals surface area contributed by atoms with Crippen molar-refractivity contribution >= 4 is 44.1 Å². The van der Waals surface area contributed by atoms with Gasteiger partial charge in [-0.1, -0.05) is 11.3 Å². The van der Waals surface area contributed by atoms with Gasteiger partial charge >= 0.3 is 0 Å². The molecule has 4 rings (SSSR count). The number of rotatable bonds is 5. The zero-order valence-electron chi connectivity index (χ0n) is 15.1. The highest BCUT2D eigenvalue weighted by Gasteiger charge is 2.34. The summed E-state index contributed by atoms with van der Waals surface area (Å²) in [5.74, 6) is 0.718. The van der Waals surface area contributed by atoms with Crippen molar-refractivity contribution in [3.05, 3.63) is 48.0 Å². The second-order valence-electron chi connectivity index (χ2n) is 6.55. The number of carbonyl (C=O) groups is 2. The molecule has 0 radical (unpaired) electrons. The molecule has 0 bridgehead atoms. The molecule has 27 heavy (non-hydrogen) atoms. The van der Waals surface area contributed by atoms with E-state index in [1.165, 1.54) is 6.92 Å². The molecule has 0 unspecified atom stereocenters. The third-order valence-electron chi connectivity index (χ3n) is 4.67. The quantitative estimate of drug-likeness (QED) is 0.684. The van der Waals surface area contributed by atoms with Gasteiger partial charge in [0.25, 0.3) is 0 Å². The Labute approximate surface area is 160 Å². The molecule has 1 aromatic heterocycles. The number of benzene rings is 2. The van der Waals surface area contributed by atoms with E-state index in [1.54, 1.807) is 42.7 Å². The van der Waals surface area contributed by atoms with Crippen LogP contribution in [0.4, 0.5) is 10.8 Å². The molecule has 3 aromatic rings. The third-order valence-corrected chi connectivity index (χ3v) is 5.76. The average Bonchev–Trinajstić information content (AvgIpc) is 3.03. The first-order chi connectivity index (χ1) is 13.0. The number of nitrogens with zero attached hydrogens (tertiary/aromatic N) is 2. The van der Waals surface area contributed by atoms with Crippen molar-refractivity contribution in [3.8, 4) is 5.75 Å². The molecule has 0 spiro atoms. The van der Waals surface area contributed by atoms with Gasteiger partial charge < -0.3 is 15.0 Å². The largest absolute Gasteiger partial charge is 0.497 e. The summed E-state index contributed by atoms with van der Waals surface area (Å²) in [6.45, 7) is 2.82. The molecule has 1 aliphatic heterocycles. The first-order valence-corrected chi connectivity index (χ1v) is 9.46. The van der Waals surface area contributed by atoms with Crippen LogP contribution >= 0.6 is 11.3 Å². The number of ketones is 1. The van der Waals surface area contributed by atoms with Gasteiger partial charge in [-0.05, 0) is 43.3 Å². The van der Waals surface area contributed by atoms with Crippen LogP contribution in [0.15, 0.2) is 42.5 Å². The number of hydrogen-bond donors (Lipinski definition) is 1. The van der Waals surface area contributed by atoms with Gasteiger partial charge in [0, 0.05) is 30.4 Å². The summed E-state index contributed by atoms with van der Waals surface area (Å²) >= 11 is 1.62. The van der Waals surface area contributed by atoms with E-state index in [4.69, 9.17) is 4.74 Å². The number of methoxy groups -OCH3 is 1. The molecule has 1 aliphatic rings. The maximum Gasteiger partial charge on any atom is 0.231 e. The van der Waals surface area contributed by atoms with E-state index in [1.807, 2.05) is 18.2 Å². The number of fused-ring (bicyclic) bond motifs is 1. The summed E-state index contributed by atoms with van der Waals surface area (Å²) in [5, 5.41) is 3.84. The SMILES string of the molecule is COc1ccc2sc(N3CC(C(=O)Nc4ccc(C(C)=O)cc4)C3)nc2c1. The summed E-state index contributed by atoms with van der Waals surface area (Å²) in [6.07, 6.45) is 0. The number of aromatic nitrogens is 1. The van der Waals surface area contributed by atoms with E-state index in [0.717, 1.165) is 21.1 Å². The molecule has 7 heteroatoms. The zero-order chi connectivity index (χ0) is 19.0. The van der Waals surface area contributed by atoms with Crippen LogP contribution in [0.3, 0.4) is 0 Å². The van der Waals surface area contributed by atoms with E-state index >= 15 is 0 Å². The fourth-order valence-electron chi connectivity index (χ4n) is 2.99. The molecule has 0 aliphatic carbocycles. The van der Waals surface area contributed by atoms with Gasteiger partial charge in [-0.3, -0.25) is 9.59 Å². The fourth-order valence-corrected chi connectivity index (χ4v) is 3.95. The second-order valence-corrected chi connectivity index (χ2v) is 7.56. The normalized spacial score (nSPS) is 14.1. The molecular weight excluding hydrogens is 362 g/mol. The highest BCUT2D eigenvalue weighted by Crippen LogP contribution is 2.34. The predicted octanol–water partition coefficient (Wildman–Crippen LogP) is 3.58. The van der Waals surface area contributed by atoms with Crippen molar-refractivity contribution in [2.75, 3.05) is 30.4 Å². The number of thiazole rings is 1. The molecule has 6 nitrogen and oxygen atoms in total. The van der Waals surface area contributed by atoms with Crippen LogP contribution in [-0.4, -0.2) is 36.9 Å². The Morgan fingerprint density at radius 2 is 1.93 bits per heavy atom. The molecule has 0 atom stereocenters. The van der Waals surface area contributed by atoms with Crippen molar-refractivity contribution in [2.24, 2.45) is 5.92 Å². The lowest BCUT2D eigenvalue weighted by Crippen LogP contribution is -2.52. The van der Waals surface area contributed by atoms with Crippen molar-refractivity contribution in [1.82, 2.24) is 4.98 Å². The van der Waals surface area contributed by atoms with Crippen molar-refractivity contribution in [1.29, 1.82) is 0 Å². The third kappa shape index (κ3) is 3.50. The van der Waals surface area contributed by atoms with Crippen LogP contribution in [0.1, 0.15) is 17.3 Å². The number of Topliss-reactive ketones (excluding diaryl/α,β-unsaturated/α-hetero) is 1. The molecule has 1 amide bonds. The number of anilines is 2. The van der Waals surface area contributed by atoms with Gasteiger partial charge in [-0.2, -0.15) is 0 Å². The molecule has 1 N–H and O–H groups in total. The Morgan fingerprint density at radius 1 is 1.19 bits per heavy atom. The second kappa shape index (κ2) is 7.00. The number of hydrogen-bond acceptors (Lipinski definition) is 6. The topological polar surface area (TPSA) is 71.5 Å². The van der Waals surface area contributed by atoms with E-state index in [2.05, 4.69) is 15.2 Å². The number of carbonyl (C=O) groups excluding carboxylic acids is 2. The minimum atomic E-state index is -0.0703. The lowest BCUT2D eigenvalue weighted by molar-refractivity contribution is -0.120. The first kappa shape index (κ1) is 17.5. The number of ether oxygens (including phenoxy) is 1. The molecular formula is C20H19N3O3S. The Balaban J connectivity index is 1.37. The predicted molar refractivity (Wildman–Crippen MR) is 107 cm³/mol. The average molecular weight is 381 g/mol. The van der Waals surface area contributed by atoms with Gasteiger partial charge in [-0.25, -0.2) is 4.98 Å². The molecule has 1 saturated heterocycles. The van der Waals surface area contributed by atoms with Gasteiger partial charge in [0.05, 0.1) is 23.2 Å². The van der Waals surface area contributed by atoms with Crippen molar-refractivity contribution < 1.29 is 14.3 Å². The van der Waals surface area contributed by atoms with Crippen molar-refractivity contribution in [2.45, 2.75) is 6.92 Å². The van der Waals surface area contributed by atoms with Gasteiger partial charge in [-0.15, -0.1) is 0 Å². The lowest BCUT2D eigenvalue weighted by Gasteiger charge is -2.37.